The molecule has 1 aromatic rings. The molecular weight excluding hydrogens is 264 g/mol. The second kappa shape index (κ2) is 5.53. The van der Waals surface area contributed by atoms with Crippen molar-refractivity contribution >= 4 is 15.7 Å². The molecule has 102 valence electrons. The van der Waals surface area contributed by atoms with Crippen LogP contribution >= 0.6 is 0 Å². The second-order valence-electron chi connectivity index (χ2n) is 4.82. The van der Waals surface area contributed by atoms with E-state index in [1.807, 2.05) is 6.07 Å². The summed E-state index contributed by atoms with van der Waals surface area (Å²) < 4.78 is 23.2. The molecule has 0 saturated heterocycles. The quantitative estimate of drug-likeness (QED) is 0.891. The van der Waals surface area contributed by atoms with E-state index >= 15 is 0 Å². The Labute approximate surface area is 112 Å². The van der Waals surface area contributed by atoms with Crippen LogP contribution in [0.2, 0.25) is 0 Å². The summed E-state index contributed by atoms with van der Waals surface area (Å²) in [6, 6.07) is 2.00. The van der Waals surface area contributed by atoms with E-state index in [0.717, 1.165) is 12.8 Å². The number of hydrogen-bond acceptors (Lipinski definition) is 6. The Morgan fingerprint density at radius 2 is 2.11 bits per heavy atom. The topological polar surface area (TPSA) is 95.7 Å². The average Bonchev–Trinajstić information content (AvgIpc) is 2.39. The van der Waals surface area contributed by atoms with Crippen molar-refractivity contribution in [1.29, 1.82) is 5.26 Å². The predicted molar refractivity (Wildman–Crippen MR) is 71.3 cm³/mol. The van der Waals surface area contributed by atoms with Crippen LogP contribution in [0.4, 0.5) is 5.82 Å². The fourth-order valence-electron chi connectivity index (χ4n) is 2.38. The van der Waals surface area contributed by atoms with Gasteiger partial charge in [-0.15, -0.1) is 0 Å². The van der Waals surface area contributed by atoms with Crippen molar-refractivity contribution in [2.45, 2.75) is 37.0 Å². The molecular formula is C12H16N4O2S. The molecule has 1 saturated carbocycles. The van der Waals surface area contributed by atoms with Gasteiger partial charge in [-0.3, -0.25) is 0 Å². The normalized spacial score (nSPS) is 23.6. The lowest BCUT2D eigenvalue weighted by molar-refractivity contribution is 0.452. The fraction of sp³-hybridized carbons (Fsp3) is 0.583. The minimum atomic E-state index is -3.01. The molecule has 1 aromatic heterocycles. The summed E-state index contributed by atoms with van der Waals surface area (Å²) in [5, 5.41) is 11.8. The van der Waals surface area contributed by atoms with E-state index < -0.39 is 9.84 Å². The average molecular weight is 280 g/mol. The summed E-state index contributed by atoms with van der Waals surface area (Å²) in [4.78, 5) is 8.01. The molecule has 2 rings (SSSR count). The highest BCUT2D eigenvalue weighted by atomic mass is 32.2. The third kappa shape index (κ3) is 3.41. The summed E-state index contributed by atoms with van der Waals surface area (Å²) >= 11 is 0. The number of nitrogens with one attached hydrogen (secondary N) is 1. The first-order valence-corrected chi connectivity index (χ1v) is 8.12. The summed E-state index contributed by atoms with van der Waals surface area (Å²) in [6.45, 7) is 0. The summed E-state index contributed by atoms with van der Waals surface area (Å²) in [5.74, 6) is 0.434. The molecule has 0 amide bonds. The SMILES string of the molecule is CS(=O)(=O)[C@@H]1CCC[C@H](Nc2nccnc2C#N)C1. The van der Waals surface area contributed by atoms with Crippen molar-refractivity contribution in [3.8, 4) is 6.07 Å². The highest BCUT2D eigenvalue weighted by molar-refractivity contribution is 7.91. The van der Waals surface area contributed by atoms with E-state index in [1.165, 1.54) is 18.6 Å². The van der Waals surface area contributed by atoms with Gasteiger partial charge in [-0.25, -0.2) is 18.4 Å². The van der Waals surface area contributed by atoms with Crippen LogP contribution in [0.1, 0.15) is 31.4 Å². The lowest BCUT2D eigenvalue weighted by Crippen LogP contribution is -2.34. The van der Waals surface area contributed by atoms with E-state index in [2.05, 4.69) is 15.3 Å². The minimum absolute atomic E-state index is 0.0253. The van der Waals surface area contributed by atoms with Gasteiger partial charge in [-0.1, -0.05) is 6.42 Å². The summed E-state index contributed by atoms with van der Waals surface area (Å²) in [7, 11) is -3.01. The maximum absolute atomic E-state index is 11.6. The number of anilines is 1. The standard InChI is InChI=1S/C12H16N4O2S/c1-19(17,18)10-4-2-3-9(7-10)16-12-11(8-13)14-5-6-15-12/h5-6,9-10H,2-4,7H2,1H3,(H,15,16)/t9-,10+/m0/s1. The number of nitrogens with zero attached hydrogens (tertiary/aromatic N) is 3. The third-order valence-corrected chi connectivity index (χ3v) is 5.02. The highest BCUT2D eigenvalue weighted by Gasteiger charge is 2.29. The molecule has 7 heteroatoms. The monoisotopic (exact) mass is 280 g/mol. The van der Waals surface area contributed by atoms with Crippen LogP contribution < -0.4 is 5.32 Å². The van der Waals surface area contributed by atoms with Crippen LogP contribution in [-0.2, 0) is 9.84 Å². The van der Waals surface area contributed by atoms with Gasteiger partial charge in [0.25, 0.3) is 0 Å². The zero-order chi connectivity index (χ0) is 13.9. The van der Waals surface area contributed by atoms with E-state index in [1.54, 1.807) is 0 Å². The van der Waals surface area contributed by atoms with E-state index in [0.29, 0.717) is 18.7 Å². The smallest absolute Gasteiger partial charge is 0.182 e. The number of sulfone groups is 1. The summed E-state index contributed by atoms with van der Waals surface area (Å²) in [6.07, 6.45) is 7.26. The molecule has 19 heavy (non-hydrogen) atoms. The van der Waals surface area contributed by atoms with Gasteiger partial charge in [-0.05, 0) is 19.3 Å². The Bertz CT molecular complexity index is 594. The van der Waals surface area contributed by atoms with Crippen LogP contribution in [-0.4, -0.2) is 35.9 Å². The Morgan fingerprint density at radius 3 is 2.79 bits per heavy atom. The lowest BCUT2D eigenvalue weighted by Gasteiger charge is -2.29. The Balaban J connectivity index is 2.09. The molecule has 0 bridgehead atoms. The van der Waals surface area contributed by atoms with Crippen molar-refractivity contribution in [3.63, 3.8) is 0 Å². The van der Waals surface area contributed by atoms with Crippen molar-refractivity contribution in [2.24, 2.45) is 0 Å². The molecule has 1 aliphatic carbocycles. The van der Waals surface area contributed by atoms with Gasteiger partial charge in [0, 0.05) is 24.7 Å². The highest BCUT2D eigenvalue weighted by Crippen LogP contribution is 2.26. The molecule has 1 heterocycles. The van der Waals surface area contributed by atoms with Gasteiger partial charge in [0.05, 0.1) is 5.25 Å². The second-order valence-corrected chi connectivity index (χ2v) is 7.15. The number of hydrogen-bond donors (Lipinski definition) is 1. The molecule has 1 aliphatic rings. The maximum Gasteiger partial charge on any atom is 0.182 e. The predicted octanol–water partition coefficient (Wildman–Crippen LogP) is 1.12. The Kier molecular flexibility index (Phi) is 4.00. The van der Waals surface area contributed by atoms with Gasteiger partial charge in [0.15, 0.2) is 11.5 Å². The van der Waals surface area contributed by atoms with Gasteiger partial charge in [0.2, 0.25) is 0 Å². The first kappa shape index (κ1) is 13.7. The van der Waals surface area contributed by atoms with Crippen LogP contribution in [0.5, 0.6) is 0 Å². The Hall–Kier alpha value is -1.68. The fourth-order valence-corrected chi connectivity index (χ4v) is 3.56. The minimum Gasteiger partial charge on any atom is -0.365 e. The van der Waals surface area contributed by atoms with E-state index in [-0.39, 0.29) is 17.0 Å². The lowest BCUT2D eigenvalue weighted by atomic mass is 9.95. The Morgan fingerprint density at radius 1 is 1.37 bits per heavy atom. The largest absolute Gasteiger partial charge is 0.365 e. The van der Waals surface area contributed by atoms with E-state index in [9.17, 15) is 8.42 Å². The molecule has 0 spiro atoms. The van der Waals surface area contributed by atoms with Crippen molar-refractivity contribution in [3.05, 3.63) is 18.1 Å². The molecule has 6 nitrogen and oxygen atoms in total. The van der Waals surface area contributed by atoms with Crippen LogP contribution in [0, 0.1) is 11.3 Å². The van der Waals surface area contributed by atoms with Crippen molar-refractivity contribution in [2.75, 3.05) is 11.6 Å². The van der Waals surface area contributed by atoms with Gasteiger partial charge in [-0.2, -0.15) is 5.26 Å². The maximum atomic E-state index is 11.6. The zero-order valence-electron chi connectivity index (χ0n) is 10.7. The zero-order valence-corrected chi connectivity index (χ0v) is 11.5. The number of aromatic nitrogens is 2. The van der Waals surface area contributed by atoms with E-state index in [4.69, 9.17) is 5.26 Å². The third-order valence-electron chi connectivity index (χ3n) is 3.38. The van der Waals surface area contributed by atoms with Gasteiger partial charge < -0.3 is 5.32 Å². The first-order valence-electron chi connectivity index (χ1n) is 6.17. The molecule has 0 radical (unpaired) electrons. The van der Waals surface area contributed by atoms with Crippen molar-refractivity contribution in [1.82, 2.24) is 9.97 Å². The van der Waals surface area contributed by atoms with Gasteiger partial charge in [0.1, 0.15) is 15.9 Å². The van der Waals surface area contributed by atoms with Gasteiger partial charge >= 0.3 is 0 Å². The molecule has 1 N–H and O–H groups in total. The molecule has 0 unspecified atom stereocenters. The van der Waals surface area contributed by atoms with Crippen molar-refractivity contribution < 1.29 is 8.42 Å². The molecule has 2 atom stereocenters. The first-order chi connectivity index (χ1) is 9.00. The summed E-state index contributed by atoms with van der Waals surface area (Å²) in [5.41, 5.74) is 0.240. The van der Waals surface area contributed by atoms with Crippen LogP contribution in [0.25, 0.3) is 0 Å². The molecule has 0 aromatic carbocycles. The number of rotatable bonds is 3. The number of nitriles is 1. The van der Waals surface area contributed by atoms with Crippen LogP contribution in [0.3, 0.4) is 0 Å². The molecule has 0 aliphatic heterocycles. The molecule has 1 fully saturated rings. The van der Waals surface area contributed by atoms with Crippen LogP contribution in [0.15, 0.2) is 12.4 Å².